The molecule has 0 aromatic rings. The van der Waals surface area contributed by atoms with Crippen molar-refractivity contribution in [3.8, 4) is 0 Å². The maximum atomic E-state index is 9.94. The molecule has 4 heteroatoms. The third kappa shape index (κ3) is 1.51. The Kier molecular flexibility index (Phi) is 2.40. The molecule has 1 saturated heterocycles. The van der Waals surface area contributed by atoms with Gasteiger partial charge in [0, 0.05) is 0 Å². The lowest BCUT2D eigenvalue weighted by Gasteiger charge is -2.15. The summed E-state index contributed by atoms with van der Waals surface area (Å²) in [5.74, 6) is 0. The SMILES string of the molecule is O=CP1OCCCO1. The fourth-order valence-electron chi connectivity index (χ4n) is 0.466. The van der Waals surface area contributed by atoms with Gasteiger partial charge in [-0.3, -0.25) is 4.79 Å². The molecule has 0 atom stereocenters. The third-order valence-electron chi connectivity index (χ3n) is 0.812. The van der Waals surface area contributed by atoms with Gasteiger partial charge in [-0.05, 0) is 6.42 Å². The zero-order chi connectivity index (χ0) is 5.82. The molecule has 0 saturated carbocycles. The zero-order valence-corrected chi connectivity index (χ0v) is 5.27. The molecule has 1 rings (SSSR count). The molecule has 0 radical (unpaired) electrons. The van der Waals surface area contributed by atoms with Gasteiger partial charge in [-0.2, -0.15) is 0 Å². The molecule has 0 amide bonds. The fourth-order valence-corrected chi connectivity index (χ4v) is 1.28. The van der Waals surface area contributed by atoms with E-state index in [-0.39, 0.29) is 0 Å². The summed E-state index contributed by atoms with van der Waals surface area (Å²) in [6.45, 7) is 1.34. The van der Waals surface area contributed by atoms with Gasteiger partial charge in [0.1, 0.15) is 0 Å². The Labute approximate surface area is 48.9 Å². The van der Waals surface area contributed by atoms with Crippen LogP contribution in [0.1, 0.15) is 6.42 Å². The molecule has 0 bridgehead atoms. The standard InChI is InChI=1S/C4H7O3P/c5-4-8-6-2-1-3-7-8/h4H,1-3H2. The summed E-state index contributed by atoms with van der Waals surface area (Å²) in [6.07, 6.45) is 0.909. The molecule has 46 valence electrons. The normalized spacial score (nSPS) is 23.0. The van der Waals surface area contributed by atoms with E-state index in [1.165, 1.54) is 0 Å². The van der Waals surface area contributed by atoms with Gasteiger partial charge >= 0.3 is 0 Å². The van der Waals surface area contributed by atoms with E-state index in [9.17, 15) is 4.79 Å². The summed E-state index contributed by atoms with van der Waals surface area (Å²) in [5, 5.41) is 0. The minimum atomic E-state index is -1.15. The lowest BCUT2D eigenvalue weighted by atomic mass is 10.5. The first-order valence-corrected chi connectivity index (χ1v) is 3.68. The van der Waals surface area contributed by atoms with Crippen molar-refractivity contribution in [3.05, 3.63) is 0 Å². The molecule has 1 aliphatic rings. The first-order chi connectivity index (χ1) is 3.93. The van der Waals surface area contributed by atoms with Gasteiger partial charge < -0.3 is 9.05 Å². The maximum Gasteiger partial charge on any atom is 0.240 e. The Bertz CT molecular complexity index is 79.4. The summed E-state index contributed by atoms with van der Waals surface area (Å²) < 4.78 is 9.80. The average Bonchev–Trinajstić information content (AvgIpc) is 1.90. The number of carbonyl (C=O) groups is 1. The summed E-state index contributed by atoms with van der Waals surface area (Å²) >= 11 is 0. The summed E-state index contributed by atoms with van der Waals surface area (Å²) in [4.78, 5) is 9.94. The number of hydrogen-bond acceptors (Lipinski definition) is 3. The first kappa shape index (κ1) is 6.14. The Morgan fingerprint density at radius 3 is 2.38 bits per heavy atom. The molecule has 0 spiro atoms. The third-order valence-corrected chi connectivity index (χ3v) is 1.86. The Morgan fingerprint density at radius 1 is 1.38 bits per heavy atom. The van der Waals surface area contributed by atoms with Crippen LogP contribution in [0.25, 0.3) is 0 Å². The molecule has 1 aliphatic heterocycles. The molecule has 0 aromatic heterocycles. The number of hydrogen-bond donors (Lipinski definition) is 0. The van der Waals surface area contributed by atoms with E-state index in [1.807, 2.05) is 0 Å². The van der Waals surface area contributed by atoms with Crippen molar-refractivity contribution in [1.29, 1.82) is 0 Å². The van der Waals surface area contributed by atoms with Crippen LogP contribution in [0.5, 0.6) is 0 Å². The van der Waals surface area contributed by atoms with Gasteiger partial charge in [0.15, 0.2) is 6.03 Å². The second-order valence-corrected chi connectivity index (χ2v) is 2.71. The van der Waals surface area contributed by atoms with E-state index in [2.05, 4.69) is 0 Å². The van der Waals surface area contributed by atoms with Crippen LogP contribution in [-0.4, -0.2) is 19.2 Å². The Balaban J connectivity index is 2.22. The molecule has 0 unspecified atom stereocenters. The quantitative estimate of drug-likeness (QED) is 0.395. The van der Waals surface area contributed by atoms with Crippen LogP contribution < -0.4 is 0 Å². The highest BCUT2D eigenvalue weighted by atomic mass is 31.2. The van der Waals surface area contributed by atoms with Gasteiger partial charge in [-0.1, -0.05) is 0 Å². The van der Waals surface area contributed by atoms with Gasteiger partial charge in [-0.15, -0.1) is 0 Å². The Morgan fingerprint density at radius 2 is 2.00 bits per heavy atom. The van der Waals surface area contributed by atoms with Crippen molar-refractivity contribution in [2.75, 3.05) is 13.2 Å². The van der Waals surface area contributed by atoms with E-state index in [1.54, 1.807) is 0 Å². The van der Waals surface area contributed by atoms with Crippen molar-refractivity contribution in [1.82, 2.24) is 0 Å². The highest BCUT2D eigenvalue weighted by Gasteiger charge is 2.12. The van der Waals surface area contributed by atoms with Gasteiger partial charge in [0.05, 0.1) is 13.2 Å². The van der Waals surface area contributed by atoms with E-state index < -0.39 is 8.38 Å². The monoisotopic (exact) mass is 134 g/mol. The van der Waals surface area contributed by atoms with Crippen molar-refractivity contribution in [2.45, 2.75) is 6.42 Å². The molecule has 0 N–H and O–H groups in total. The second-order valence-electron chi connectivity index (χ2n) is 1.41. The van der Waals surface area contributed by atoms with Crippen LogP contribution in [0, 0.1) is 0 Å². The lowest BCUT2D eigenvalue weighted by molar-refractivity contribution is 0.189. The van der Waals surface area contributed by atoms with Crippen LogP contribution >= 0.6 is 8.38 Å². The summed E-state index contributed by atoms with van der Waals surface area (Å²) in [7, 11) is -1.15. The predicted octanol–water partition coefficient (Wildman–Crippen LogP) is 0.925. The molecule has 1 heterocycles. The second kappa shape index (κ2) is 3.13. The largest absolute Gasteiger partial charge is 0.329 e. The van der Waals surface area contributed by atoms with Crippen LogP contribution in [0.3, 0.4) is 0 Å². The van der Waals surface area contributed by atoms with Crippen LogP contribution in [-0.2, 0) is 13.8 Å². The highest BCUT2D eigenvalue weighted by Crippen LogP contribution is 2.37. The molecule has 3 nitrogen and oxygen atoms in total. The molecule has 0 aromatic carbocycles. The molecule has 1 fully saturated rings. The lowest BCUT2D eigenvalue weighted by Crippen LogP contribution is -2.04. The number of rotatable bonds is 1. The van der Waals surface area contributed by atoms with E-state index >= 15 is 0 Å². The molecule has 8 heavy (non-hydrogen) atoms. The van der Waals surface area contributed by atoms with Crippen molar-refractivity contribution in [3.63, 3.8) is 0 Å². The minimum absolute atomic E-state index is 0.671. The van der Waals surface area contributed by atoms with Gasteiger partial charge in [-0.25, -0.2) is 0 Å². The van der Waals surface area contributed by atoms with Gasteiger partial charge in [0.25, 0.3) is 0 Å². The predicted molar refractivity (Wildman–Crippen MR) is 30.2 cm³/mol. The van der Waals surface area contributed by atoms with E-state index in [0.717, 1.165) is 12.4 Å². The van der Waals surface area contributed by atoms with Crippen molar-refractivity contribution >= 4 is 14.4 Å². The van der Waals surface area contributed by atoms with Crippen LogP contribution in [0.2, 0.25) is 0 Å². The van der Waals surface area contributed by atoms with Crippen molar-refractivity contribution < 1.29 is 13.8 Å². The molecule has 0 aliphatic carbocycles. The number of carbonyl (C=O) groups excluding carboxylic acids is 1. The maximum absolute atomic E-state index is 9.94. The minimum Gasteiger partial charge on any atom is -0.329 e. The fraction of sp³-hybridized carbons (Fsp3) is 0.750. The van der Waals surface area contributed by atoms with E-state index in [0.29, 0.717) is 13.2 Å². The summed E-state index contributed by atoms with van der Waals surface area (Å²) in [5.41, 5.74) is 0. The first-order valence-electron chi connectivity index (χ1n) is 2.44. The van der Waals surface area contributed by atoms with Crippen LogP contribution in [0.15, 0.2) is 0 Å². The average molecular weight is 134 g/mol. The van der Waals surface area contributed by atoms with E-state index in [4.69, 9.17) is 9.05 Å². The highest BCUT2D eigenvalue weighted by molar-refractivity contribution is 7.63. The van der Waals surface area contributed by atoms with Crippen molar-refractivity contribution in [2.24, 2.45) is 0 Å². The Hall–Kier alpha value is 0.0200. The topological polar surface area (TPSA) is 35.5 Å². The summed E-state index contributed by atoms with van der Waals surface area (Å²) in [6, 6.07) is 0.731. The van der Waals surface area contributed by atoms with Gasteiger partial charge in [0.2, 0.25) is 8.38 Å². The van der Waals surface area contributed by atoms with Crippen LogP contribution in [0.4, 0.5) is 0 Å². The molecular formula is C4H7O3P. The zero-order valence-electron chi connectivity index (χ0n) is 4.37. The molecular weight excluding hydrogens is 127 g/mol. The smallest absolute Gasteiger partial charge is 0.240 e.